The summed E-state index contributed by atoms with van der Waals surface area (Å²) >= 11 is 0. The van der Waals surface area contributed by atoms with Crippen LogP contribution in [0.25, 0.3) is 0 Å². The second kappa shape index (κ2) is 15.2. The molecule has 44 heavy (non-hydrogen) atoms. The lowest BCUT2D eigenvalue weighted by Crippen LogP contribution is -2.47. The number of aryl methyl sites for hydroxylation is 2. The fourth-order valence-electron chi connectivity index (χ4n) is 4.89. The van der Waals surface area contributed by atoms with E-state index >= 15 is 0 Å². The lowest BCUT2D eigenvalue weighted by Gasteiger charge is -2.31. The number of benzene rings is 1. The molecule has 1 aliphatic rings. The van der Waals surface area contributed by atoms with Crippen LogP contribution in [0.15, 0.2) is 42.7 Å². The van der Waals surface area contributed by atoms with Crippen LogP contribution >= 0.6 is 0 Å². The number of aromatic nitrogens is 3. The molecule has 9 nitrogen and oxygen atoms in total. The SMILES string of the molecule is O=C[C@@](CO)(CCN(CCCCc1ccc2c(n1)NCCC2)CCOc1cc(F)cc(F)c1)Nc1cc(C(F)(F)F)ncn1. The van der Waals surface area contributed by atoms with Gasteiger partial charge in [-0.25, -0.2) is 23.7 Å². The van der Waals surface area contributed by atoms with Gasteiger partial charge in [0.2, 0.25) is 0 Å². The molecule has 0 radical (unpaired) electrons. The Morgan fingerprint density at radius 3 is 2.57 bits per heavy atom. The third-order valence-electron chi connectivity index (χ3n) is 7.34. The van der Waals surface area contributed by atoms with Crippen molar-refractivity contribution in [3.8, 4) is 5.75 Å². The Bertz CT molecular complexity index is 1380. The van der Waals surface area contributed by atoms with Crippen LogP contribution in [0.2, 0.25) is 0 Å². The van der Waals surface area contributed by atoms with Gasteiger partial charge in [0.1, 0.15) is 59.5 Å². The van der Waals surface area contributed by atoms with E-state index in [4.69, 9.17) is 9.72 Å². The zero-order valence-electron chi connectivity index (χ0n) is 24.0. The summed E-state index contributed by atoms with van der Waals surface area (Å²) in [5, 5.41) is 16.1. The number of anilines is 2. The van der Waals surface area contributed by atoms with Gasteiger partial charge in [-0.2, -0.15) is 13.2 Å². The molecule has 0 amide bonds. The van der Waals surface area contributed by atoms with Gasteiger partial charge < -0.3 is 25.3 Å². The molecule has 0 spiro atoms. The number of rotatable bonds is 16. The average molecular weight is 623 g/mol. The fraction of sp³-hybridized carbons (Fsp3) is 0.467. The van der Waals surface area contributed by atoms with E-state index in [1.807, 2.05) is 11.0 Å². The number of carbonyl (C=O) groups is 1. The van der Waals surface area contributed by atoms with Crippen molar-refractivity contribution in [3.05, 3.63) is 71.3 Å². The summed E-state index contributed by atoms with van der Waals surface area (Å²) < 4.78 is 72.1. The van der Waals surface area contributed by atoms with Gasteiger partial charge >= 0.3 is 6.18 Å². The van der Waals surface area contributed by atoms with Gasteiger partial charge in [-0.05, 0) is 56.7 Å². The summed E-state index contributed by atoms with van der Waals surface area (Å²) in [5.74, 6) is -0.854. The molecule has 3 heterocycles. The van der Waals surface area contributed by atoms with Crippen LogP contribution in [0.3, 0.4) is 0 Å². The minimum absolute atomic E-state index is 0.0188. The molecule has 0 bridgehead atoms. The van der Waals surface area contributed by atoms with Crippen LogP contribution in [0, 0.1) is 11.6 Å². The minimum Gasteiger partial charge on any atom is -0.492 e. The number of carbonyl (C=O) groups excluding carboxylic acids is 1. The Hall–Kier alpha value is -3.91. The summed E-state index contributed by atoms with van der Waals surface area (Å²) in [6.45, 7) is 1.37. The van der Waals surface area contributed by atoms with Gasteiger partial charge in [0.25, 0.3) is 0 Å². The standard InChI is InChI=1S/C30H35F5N6O3/c31-22-14-23(32)16-25(15-22)44-13-12-41(10-2-1-5-24-7-6-21-4-3-9-36-28(21)39-24)11-8-29(18-42,19-43)40-27-17-26(30(33,34)35)37-20-38-27/h6-7,14-18,20,43H,1-5,8-13,19H2,(H,36,39)(H,37,38,40)/t29-/m1/s1. The van der Waals surface area contributed by atoms with E-state index in [9.17, 15) is 31.9 Å². The average Bonchev–Trinajstić information content (AvgIpc) is 3.00. The highest BCUT2D eigenvalue weighted by Gasteiger charge is 2.35. The van der Waals surface area contributed by atoms with Crippen LogP contribution in [0.5, 0.6) is 5.75 Å². The van der Waals surface area contributed by atoms with Gasteiger partial charge in [-0.15, -0.1) is 0 Å². The number of nitrogens with zero attached hydrogens (tertiary/aromatic N) is 4. The molecule has 0 aliphatic carbocycles. The smallest absolute Gasteiger partial charge is 0.433 e. The first-order chi connectivity index (χ1) is 21.1. The molecule has 1 aliphatic heterocycles. The number of aliphatic hydroxyl groups excluding tert-OH is 1. The number of fused-ring (bicyclic) bond motifs is 1. The predicted molar refractivity (Wildman–Crippen MR) is 153 cm³/mol. The first-order valence-electron chi connectivity index (χ1n) is 14.4. The summed E-state index contributed by atoms with van der Waals surface area (Å²) in [6, 6.07) is 7.66. The van der Waals surface area contributed by atoms with E-state index in [1.54, 1.807) is 0 Å². The highest BCUT2D eigenvalue weighted by molar-refractivity contribution is 5.70. The topological polar surface area (TPSA) is 112 Å². The van der Waals surface area contributed by atoms with Crippen molar-refractivity contribution in [2.75, 3.05) is 50.0 Å². The number of pyridine rings is 1. The number of halogens is 5. The van der Waals surface area contributed by atoms with Crippen molar-refractivity contribution in [2.24, 2.45) is 0 Å². The monoisotopic (exact) mass is 622 g/mol. The Morgan fingerprint density at radius 1 is 1.05 bits per heavy atom. The van der Waals surface area contributed by atoms with Crippen molar-refractivity contribution >= 4 is 17.9 Å². The second-order valence-electron chi connectivity index (χ2n) is 10.7. The molecular weight excluding hydrogens is 587 g/mol. The Morgan fingerprint density at radius 2 is 1.84 bits per heavy atom. The lowest BCUT2D eigenvalue weighted by atomic mass is 9.97. The first kappa shape index (κ1) is 33.0. The quantitative estimate of drug-likeness (QED) is 0.119. The Labute approximate surface area is 251 Å². The molecular formula is C30H35F5N6O3. The van der Waals surface area contributed by atoms with E-state index in [0.717, 1.165) is 74.7 Å². The first-order valence-corrected chi connectivity index (χ1v) is 14.4. The van der Waals surface area contributed by atoms with Crippen LogP contribution in [-0.4, -0.2) is 76.2 Å². The Balaban J connectivity index is 1.38. The van der Waals surface area contributed by atoms with Crippen molar-refractivity contribution in [1.82, 2.24) is 19.9 Å². The maximum atomic E-state index is 13.6. The molecule has 0 fully saturated rings. The second-order valence-corrected chi connectivity index (χ2v) is 10.7. The summed E-state index contributed by atoms with van der Waals surface area (Å²) in [5.41, 5.74) is -0.641. The molecule has 1 aromatic carbocycles. The molecule has 3 N–H and O–H groups in total. The van der Waals surface area contributed by atoms with E-state index in [2.05, 4.69) is 26.7 Å². The van der Waals surface area contributed by atoms with Crippen LogP contribution in [0.4, 0.5) is 33.6 Å². The molecule has 4 rings (SSSR count). The number of ether oxygens (including phenoxy) is 1. The number of hydrogen-bond acceptors (Lipinski definition) is 9. The molecule has 0 unspecified atom stereocenters. The summed E-state index contributed by atoms with van der Waals surface area (Å²) in [4.78, 5) is 25.8. The molecule has 3 aromatic rings. The number of aliphatic hydroxyl groups is 1. The van der Waals surface area contributed by atoms with E-state index in [1.165, 1.54) is 5.56 Å². The normalized spacial score (nSPS) is 14.4. The minimum atomic E-state index is -4.71. The number of unbranched alkanes of at least 4 members (excludes halogenated alkanes) is 1. The molecule has 1 atom stereocenters. The van der Waals surface area contributed by atoms with Gasteiger partial charge in [0.05, 0.1) is 6.61 Å². The molecule has 0 saturated heterocycles. The van der Waals surface area contributed by atoms with Crippen LogP contribution in [-0.2, 0) is 23.8 Å². The van der Waals surface area contributed by atoms with E-state index in [-0.39, 0.29) is 31.1 Å². The zero-order valence-corrected chi connectivity index (χ0v) is 24.0. The number of hydrogen-bond donors (Lipinski definition) is 3. The van der Waals surface area contributed by atoms with Gasteiger partial charge in [0, 0.05) is 49.6 Å². The molecule has 0 saturated carbocycles. The fourth-order valence-corrected chi connectivity index (χ4v) is 4.89. The van der Waals surface area contributed by atoms with Crippen molar-refractivity contribution in [2.45, 2.75) is 50.2 Å². The number of nitrogens with one attached hydrogen (secondary N) is 2. The van der Waals surface area contributed by atoms with Crippen molar-refractivity contribution < 1.29 is 36.6 Å². The van der Waals surface area contributed by atoms with Gasteiger partial charge in [0.15, 0.2) is 0 Å². The van der Waals surface area contributed by atoms with E-state index < -0.39 is 35.7 Å². The van der Waals surface area contributed by atoms with Gasteiger partial charge in [-0.3, -0.25) is 4.90 Å². The highest BCUT2D eigenvalue weighted by Crippen LogP contribution is 2.29. The number of aldehydes is 1. The Kier molecular flexibility index (Phi) is 11.4. The number of alkyl halides is 3. The summed E-state index contributed by atoms with van der Waals surface area (Å²) in [6.07, 6.45) is 0.840. The van der Waals surface area contributed by atoms with Gasteiger partial charge in [-0.1, -0.05) is 6.07 Å². The molecule has 238 valence electrons. The van der Waals surface area contributed by atoms with E-state index in [0.29, 0.717) is 25.4 Å². The largest absolute Gasteiger partial charge is 0.492 e. The summed E-state index contributed by atoms with van der Waals surface area (Å²) in [7, 11) is 0. The van der Waals surface area contributed by atoms with Crippen molar-refractivity contribution in [1.29, 1.82) is 0 Å². The van der Waals surface area contributed by atoms with Crippen LogP contribution < -0.4 is 15.4 Å². The molecule has 14 heteroatoms. The third-order valence-corrected chi connectivity index (χ3v) is 7.34. The maximum absolute atomic E-state index is 13.6. The molecule has 2 aromatic heterocycles. The van der Waals surface area contributed by atoms with Crippen molar-refractivity contribution in [3.63, 3.8) is 0 Å². The zero-order chi connectivity index (χ0) is 31.6. The maximum Gasteiger partial charge on any atom is 0.433 e. The third kappa shape index (κ3) is 9.55. The lowest BCUT2D eigenvalue weighted by molar-refractivity contribution is -0.141. The highest BCUT2D eigenvalue weighted by atomic mass is 19.4. The predicted octanol–water partition coefficient (Wildman–Crippen LogP) is 4.66. The van der Waals surface area contributed by atoms with Crippen LogP contribution in [0.1, 0.15) is 42.6 Å².